The molecule has 6 nitrogen and oxygen atoms in total. The molecule has 0 heterocycles. The first kappa shape index (κ1) is 79.2. The summed E-state index contributed by atoms with van der Waals surface area (Å²) in [5.41, 5.74) is 0. The van der Waals surface area contributed by atoms with Gasteiger partial charge >= 0.3 is 17.9 Å². The summed E-state index contributed by atoms with van der Waals surface area (Å²) in [4.78, 5) is 38.3. The van der Waals surface area contributed by atoms with Crippen molar-refractivity contribution in [3.05, 3.63) is 12.2 Å². The number of rotatable bonds is 70. The smallest absolute Gasteiger partial charge is 0.306 e. The van der Waals surface area contributed by atoms with Crippen molar-refractivity contribution in [2.75, 3.05) is 13.2 Å². The third-order valence-electron chi connectivity index (χ3n) is 17.3. The van der Waals surface area contributed by atoms with Crippen LogP contribution < -0.4 is 0 Å². The SMILES string of the molecule is CCCCCCCC/C=C\CCCCCCCCCCCC(=O)OC(COC(=O)CCCCCCCCCCCC)COC(=O)CCCCCCCCCCCCCCCCCCCCCCCCCCCCCCCCCCCC. The van der Waals surface area contributed by atoms with E-state index < -0.39 is 6.10 Å². The van der Waals surface area contributed by atoms with Crippen molar-refractivity contribution >= 4 is 17.9 Å². The molecule has 0 rings (SSSR count). The average molecular weight is 1140 g/mol. The van der Waals surface area contributed by atoms with Crippen LogP contribution in [0.4, 0.5) is 0 Å². The molecule has 1 unspecified atom stereocenters. The Balaban J connectivity index is 4.00. The minimum atomic E-state index is -0.767. The molecule has 0 aromatic rings. The fraction of sp³-hybridized carbons (Fsp3) is 0.933. The highest BCUT2D eigenvalue weighted by atomic mass is 16.6. The first-order valence-electron chi connectivity index (χ1n) is 37.2. The zero-order chi connectivity index (χ0) is 58.5. The highest BCUT2D eigenvalue weighted by Gasteiger charge is 2.20. The Bertz CT molecular complexity index is 1260. The van der Waals surface area contributed by atoms with Crippen LogP contribution in [0.3, 0.4) is 0 Å². The maximum Gasteiger partial charge on any atom is 0.306 e. The second-order valence-corrected chi connectivity index (χ2v) is 25.6. The van der Waals surface area contributed by atoms with Gasteiger partial charge in [-0.05, 0) is 44.9 Å². The van der Waals surface area contributed by atoms with E-state index in [2.05, 4.69) is 32.9 Å². The summed E-state index contributed by atoms with van der Waals surface area (Å²) in [5, 5.41) is 0. The van der Waals surface area contributed by atoms with E-state index in [0.29, 0.717) is 19.3 Å². The fourth-order valence-electron chi connectivity index (χ4n) is 11.7. The molecule has 0 aromatic carbocycles. The van der Waals surface area contributed by atoms with Gasteiger partial charge < -0.3 is 14.2 Å². The maximum atomic E-state index is 12.9. The van der Waals surface area contributed by atoms with Gasteiger partial charge in [0, 0.05) is 19.3 Å². The summed E-state index contributed by atoms with van der Waals surface area (Å²) in [7, 11) is 0. The summed E-state index contributed by atoms with van der Waals surface area (Å²) in [6.07, 6.45) is 85.7. The van der Waals surface area contributed by atoms with Crippen LogP contribution in [0.15, 0.2) is 12.2 Å². The fourth-order valence-corrected chi connectivity index (χ4v) is 11.7. The average Bonchev–Trinajstić information content (AvgIpc) is 3.47. The first-order valence-corrected chi connectivity index (χ1v) is 37.2. The number of allylic oxidation sites excluding steroid dienone is 2. The van der Waals surface area contributed by atoms with E-state index in [0.717, 1.165) is 57.8 Å². The Kier molecular flexibility index (Phi) is 69.0. The zero-order valence-corrected chi connectivity index (χ0v) is 55.4. The van der Waals surface area contributed by atoms with Crippen molar-refractivity contribution < 1.29 is 28.6 Å². The van der Waals surface area contributed by atoms with Crippen molar-refractivity contribution in [1.29, 1.82) is 0 Å². The molecule has 0 aliphatic rings. The van der Waals surface area contributed by atoms with E-state index in [1.165, 1.54) is 334 Å². The minimum Gasteiger partial charge on any atom is -0.462 e. The van der Waals surface area contributed by atoms with Gasteiger partial charge in [0.15, 0.2) is 6.10 Å². The molecular weight excluding hydrogens is 997 g/mol. The van der Waals surface area contributed by atoms with Crippen molar-refractivity contribution in [2.24, 2.45) is 0 Å². The number of unbranched alkanes of at least 4 members (excludes halogenated alkanes) is 57. The molecule has 0 bridgehead atoms. The number of ether oxygens (including phenoxy) is 3. The third-order valence-corrected chi connectivity index (χ3v) is 17.3. The normalized spacial score (nSPS) is 12.0. The monoisotopic (exact) mass is 1140 g/mol. The summed E-state index contributed by atoms with van der Waals surface area (Å²) in [6, 6.07) is 0. The molecule has 0 saturated heterocycles. The second kappa shape index (κ2) is 70.6. The summed E-state index contributed by atoms with van der Waals surface area (Å²) >= 11 is 0. The van der Waals surface area contributed by atoms with Crippen LogP contribution in [0.2, 0.25) is 0 Å². The van der Waals surface area contributed by atoms with Gasteiger partial charge in [0.05, 0.1) is 0 Å². The van der Waals surface area contributed by atoms with Gasteiger partial charge in [0.25, 0.3) is 0 Å². The van der Waals surface area contributed by atoms with Crippen LogP contribution in [0.5, 0.6) is 0 Å². The molecule has 0 aromatic heterocycles. The van der Waals surface area contributed by atoms with Gasteiger partial charge in [0.2, 0.25) is 0 Å². The van der Waals surface area contributed by atoms with Gasteiger partial charge in [-0.3, -0.25) is 14.4 Å². The number of carbonyl (C=O) groups excluding carboxylic acids is 3. The lowest BCUT2D eigenvalue weighted by Gasteiger charge is -2.18. The minimum absolute atomic E-state index is 0.0642. The van der Waals surface area contributed by atoms with E-state index in [1.54, 1.807) is 0 Å². The van der Waals surface area contributed by atoms with Gasteiger partial charge in [-0.15, -0.1) is 0 Å². The van der Waals surface area contributed by atoms with Gasteiger partial charge in [-0.1, -0.05) is 380 Å². The lowest BCUT2D eigenvalue weighted by atomic mass is 10.0. The van der Waals surface area contributed by atoms with Crippen molar-refractivity contribution in [3.63, 3.8) is 0 Å². The zero-order valence-electron chi connectivity index (χ0n) is 55.4. The molecule has 480 valence electrons. The molecule has 81 heavy (non-hydrogen) atoms. The number of hydrogen-bond acceptors (Lipinski definition) is 6. The Hall–Kier alpha value is -1.85. The van der Waals surface area contributed by atoms with E-state index >= 15 is 0 Å². The standard InChI is InChI=1S/C75H144O6/c1-4-7-10-13-16-19-22-24-26-28-30-31-32-33-34-35-36-37-38-39-40-41-42-43-44-46-47-49-51-53-56-59-62-65-68-74(77)80-71-72(70-79-73(76)67-64-61-58-55-21-18-15-12-9-6-3)81-75(78)69-66-63-60-57-54-52-50-48-45-29-27-25-23-20-17-14-11-8-5-2/h25,27,72H,4-24,26,28-71H2,1-3H3/b27-25-. The highest BCUT2D eigenvalue weighted by molar-refractivity contribution is 5.71. The molecular formula is C75H144O6. The Labute approximate surface area is 507 Å². The largest absolute Gasteiger partial charge is 0.462 e. The van der Waals surface area contributed by atoms with Crippen LogP contribution in [-0.4, -0.2) is 37.2 Å². The predicted octanol–water partition coefficient (Wildman–Crippen LogP) is 25.6. The van der Waals surface area contributed by atoms with E-state index in [4.69, 9.17) is 14.2 Å². The molecule has 0 aliphatic heterocycles. The Morgan fingerprint density at radius 1 is 0.235 bits per heavy atom. The topological polar surface area (TPSA) is 78.9 Å². The lowest BCUT2D eigenvalue weighted by molar-refractivity contribution is -0.167. The Morgan fingerprint density at radius 3 is 0.617 bits per heavy atom. The molecule has 0 saturated carbocycles. The molecule has 0 aliphatic carbocycles. The highest BCUT2D eigenvalue weighted by Crippen LogP contribution is 2.20. The summed E-state index contributed by atoms with van der Waals surface area (Å²) in [6.45, 7) is 6.71. The summed E-state index contributed by atoms with van der Waals surface area (Å²) < 4.78 is 17.0. The van der Waals surface area contributed by atoms with Crippen LogP contribution >= 0.6 is 0 Å². The maximum absolute atomic E-state index is 12.9. The first-order chi connectivity index (χ1) is 40.0. The van der Waals surface area contributed by atoms with E-state index in [1.807, 2.05) is 0 Å². The van der Waals surface area contributed by atoms with Crippen LogP contribution in [0.25, 0.3) is 0 Å². The van der Waals surface area contributed by atoms with Gasteiger partial charge in [-0.2, -0.15) is 0 Å². The van der Waals surface area contributed by atoms with Crippen LogP contribution in [0, 0.1) is 0 Å². The van der Waals surface area contributed by atoms with Crippen molar-refractivity contribution in [1.82, 2.24) is 0 Å². The molecule has 0 radical (unpaired) electrons. The molecule has 0 spiro atoms. The number of carbonyl (C=O) groups is 3. The molecule has 6 heteroatoms. The van der Waals surface area contributed by atoms with Crippen LogP contribution in [-0.2, 0) is 28.6 Å². The second-order valence-electron chi connectivity index (χ2n) is 25.6. The quantitative estimate of drug-likeness (QED) is 0.0261. The third kappa shape index (κ3) is 68.8. The molecule has 0 fully saturated rings. The molecule has 1 atom stereocenters. The van der Waals surface area contributed by atoms with Crippen LogP contribution in [0.1, 0.15) is 432 Å². The Morgan fingerprint density at radius 2 is 0.407 bits per heavy atom. The predicted molar refractivity (Wildman–Crippen MR) is 353 cm³/mol. The van der Waals surface area contributed by atoms with Crippen molar-refractivity contribution in [2.45, 2.75) is 438 Å². The van der Waals surface area contributed by atoms with Gasteiger partial charge in [0.1, 0.15) is 13.2 Å². The molecule has 0 N–H and O–H groups in total. The van der Waals surface area contributed by atoms with Gasteiger partial charge in [-0.25, -0.2) is 0 Å². The number of esters is 3. The van der Waals surface area contributed by atoms with E-state index in [-0.39, 0.29) is 31.1 Å². The van der Waals surface area contributed by atoms with Crippen molar-refractivity contribution in [3.8, 4) is 0 Å². The lowest BCUT2D eigenvalue weighted by Crippen LogP contribution is -2.30. The molecule has 0 amide bonds. The number of hydrogen-bond donors (Lipinski definition) is 0. The summed E-state index contributed by atoms with van der Waals surface area (Å²) in [5.74, 6) is -0.835. The van der Waals surface area contributed by atoms with E-state index in [9.17, 15) is 14.4 Å².